The van der Waals surface area contributed by atoms with Crippen molar-refractivity contribution in [3.63, 3.8) is 0 Å². The number of nitrogens with zero attached hydrogens (tertiary/aromatic N) is 3. The number of alkyl halides is 4. The molecular formula is C12H4Cl2F6N4OS. The van der Waals surface area contributed by atoms with Crippen molar-refractivity contribution in [3.8, 4) is 11.8 Å². The van der Waals surface area contributed by atoms with Crippen molar-refractivity contribution in [2.45, 2.75) is 16.3 Å². The number of hydrogen-bond donors (Lipinski definition) is 1. The summed E-state index contributed by atoms with van der Waals surface area (Å²) in [5.74, 6) is -7.55. The Balaban J connectivity index is 2.91. The van der Waals surface area contributed by atoms with Crippen LogP contribution in [0.4, 0.5) is 32.2 Å². The predicted molar refractivity (Wildman–Crippen MR) is 79.6 cm³/mol. The zero-order chi connectivity index (χ0) is 20.0. The van der Waals surface area contributed by atoms with Crippen LogP contribution in [0.1, 0.15) is 11.3 Å². The minimum atomic E-state index is -5.31. The molecule has 2 rings (SSSR count). The van der Waals surface area contributed by atoms with E-state index in [1.165, 1.54) is 6.07 Å². The lowest BCUT2D eigenvalue weighted by molar-refractivity contribution is -0.0384. The van der Waals surface area contributed by atoms with Gasteiger partial charge in [-0.15, -0.1) is 11.6 Å². The van der Waals surface area contributed by atoms with Crippen LogP contribution in [0, 0.1) is 28.8 Å². The summed E-state index contributed by atoms with van der Waals surface area (Å²) in [5.41, 5.74) is -2.54. The van der Waals surface area contributed by atoms with Gasteiger partial charge in [0, 0.05) is 5.56 Å². The van der Waals surface area contributed by atoms with Gasteiger partial charge in [0.1, 0.15) is 22.5 Å². The molecule has 0 aliphatic rings. The maximum Gasteiger partial charge on any atom is 0.476 e. The molecule has 5 nitrogen and oxygen atoms in total. The Morgan fingerprint density at radius 1 is 1.23 bits per heavy atom. The fourth-order valence-electron chi connectivity index (χ4n) is 1.97. The van der Waals surface area contributed by atoms with Gasteiger partial charge in [-0.25, -0.2) is 22.1 Å². The number of anilines is 1. The van der Waals surface area contributed by atoms with E-state index >= 15 is 0 Å². The van der Waals surface area contributed by atoms with Crippen LogP contribution in [0.25, 0.3) is 5.69 Å². The van der Waals surface area contributed by atoms with Crippen molar-refractivity contribution in [1.29, 1.82) is 5.26 Å². The number of aromatic nitrogens is 2. The second-order valence-corrected chi connectivity index (χ2v) is 6.57. The highest BCUT2D eigenvalue weighted by molar-refractivity contribution is 7.86. The summed E-state index contributed by atoms with van der Waals surface area (Å²) in [6.07, 6.45) is 0. The second kappa shape index (κ2) is 6.98. The SMILES string of the molecule is N#Cc1nn(-c2c(F)c(F)c(F)c(Cl)c2CCl)c(N)c1S(=O)C(F)(F)F. The van der Waals surface area contributed by atoms with E-state index in [1.54, 1.807) is 0 Å². The lowest BCUT2D eigenvalue weighted by Crippen LogP contribution is -2.18. The summed E-state index contributed by atoms with van der Waals surface area (Å²) in [4.78, 5) is -1.26. The van der Waals surface area contributed by atoms with Crippen molar-refractivity contribution in [3.05, 3.63) is 33.7 Å². The number of hydrogen-bond acceptors (Lipinski definition) is 4. The van der Waals surface area contributed by atoms with Crippen LogP contribution in [-0.2, 0) is 16.7 Å². The number of nitrogens with two attached hydrogens (primary N) is 1. The van der Waals surface area contributed by atoms with E-state index in [2.05, 4.69) is 5.10 Å². The smallest absolute Gasteiger partial charge is 0.383 e. The van der Waals surface area contributed by atoms with Gasteiger partial charge >= 0.3 is 5.51 Å². The molecule has 0 spiro atoms. The average Bonchev–Trinajstić information content (AvgIpc) is 2.90. The van der Waals surface area contributed by atoms with Crippen molar-refractivity contribution in [2.75, 3.05) is 5.73 Å². The van der Waals surface area contributed by atoms with Crippen molar-refractivity contribution in [1.82, 2.24) is 9.78 Å². The molecule has 0 amide bonds. The third-order valence-electron chi connectivity index (χ3n) is 3.06. The first-order valence-corrected chi connectivity index (χ1v) is 8.21. The molecule has 2 N–H and O–H groups in total. The minimum absolute atomic E-state index is 0.166. The van der Waals surface area contributed by atoms with Gasteiger partial charge in [-0.2, -0.15) is 23.5 Å². The standard InChI is InChI=1S/C12H4Cl2F6N4OS/c13-1-3-5(14)6(15)7(16)8(17)9(3)24-11(22)10(4(2-21)23-24)26(25)12(18,19)20/h1,22H2. The highest BCUT2D eigenvalue weighted by atomic mass is 35.5. The molecule has 140 valence electrons. The summed E-state index contributed by atoms with van der Waals surface area (Å²) in [6, 6.07) is 1.22. The van der Waals surface area contributed by atoms with Crippen LogP contribution >= 0.6 is 23.2 Å². The fraction of sp³-hybridized carbons (Fsp3) is 0.167. The Kier molecular flexibility index (Phi) is 5.46. The van der Waals surface area contributed by atoms with E-state index < -0.39 is 72.3 Å². The number of nitriles is 1. The Bertz CT molecular complexity index is 969. The normalized spacial score (nSPS) is 12.9. The average molecular weight is 437 g/mol. The molecule has 0 fully saturated rings. The van der Waals surface area contributed by atoms with Crippen LogP contribution in [-0.4, -0.2) is 19.5 Å². The van der Waals surface area contributed by atoms with E-state index in [4.69, 9.17) is 34.2 Å². The summed E-state index contributed by atoms with van der Waals surface area (Å²) < 4.78 is 91.3. The molecule has 1 aromatic heterocycles. The van der Waals surface area contributed by atoms with Crippen LogP contribution in [0.15, 0.2) is 4.90 Å². The molecule has 14 heteroatoms. The Morgan fingerprint density at radius 2 is 1.81 bits per heavy atom. The summed E-state index contributed by atoms with van der Waals surface area (Å²) in [5, 5.41) is 11.3. The predicted octanol–water partition coefficient (Wildman–Crippen LogP) is 3.76. The molecule has 26 heavy (non-hydrogen) atoms. The first-order valence-electron chi connectivity index (χ1n) is 6.15. The fourth-order valence-corrected chi connectivity index (χ4v) is 3.31. The first kappa shape index (κ1) is 20.3. The minimum Gasteiger partial charge on any atom is -0.383 e. The van der Waals surface area contributed by atoms with Gasteiger partial charge in [-0.05, 0) is 0 Å². The lowest BCUT2D eigenvalue weighted by Gasteiger charge is -2.14. The van der Waals surface area contributed by atoms with Crippen LogP contribution in [0.5, 0.6) is 0 Å². The molecule has 1 unspecified atom stereocenters. The van der Waals surface area contributed by atoms with E-state index in [9.17, 15) is 30.6 Å². The third kappa shape index (κ3) is 3.10. The van der Waals surface area contributed by atoms with E-state index in [0.29, 0.717) is 0 Å². The quantitative estimate of drug-likeness (QED) is 0.343. The van der Waals surface area contributed by atoms with Gasteiger partial charge in [0.2, 0.25) is 0 Å². The second-order valence-electron chi connectivity index (χ2n) is 4.52. The maximum absolute atomic E-state index is 14.2. The highest BCUT2D eigenvalue weighted by Gasteiger charge is 2.43. The third-order valence-corrected chi connectivity index (χ3v) is 4.91. The molecule has 2 aromatic rings. The van der Waals surface area contributed by atoms with Crippen LogP contribution in [0.2, 0.25) is 5.02 Å². The van der Waals surface area contributed by atoms with E-state index in [-0.39, 0.29) is 4.68 Å². The van der Waals surface area contributed by atoms with Gasteiger partial charge in [0.05, 0.1) is 10.9 Å². The van der Waals surface area contributed by atoms with E-state index in [1.807, 2.05) is 0 Å². The largest absolute Gasteiger partial charge is 0.476 e. The molecule has 0 bridgehead atoms. The van der Waals surface area contributed by atoms with Gasteiger partial charge in [0.25, 0.3) is 0 Å². The highest BCUT2D eigenvalue weighted by Crippen LogP contribution is 2.37. The number of rotatable bonds is 3. The molecule has 0 radical (unpaired) electrons. The van der Waals surface area contributed by atoms with Gasteiger partial charge in [-0.1, -0.05) is 11.6 Å². The lowest BCUT2D eigenvalue weighted by atomic mass is 10.1. The summed E-state index contributed by atoms with van der Waals surface area (Å²) >= 11 is 11.1. The molecule has 0 saturated heterocycles. The Morgan fingerprint density at radius 3 is 2.27 bits per heavy atom. The van der Waals surface area contributed by atoms with Gasteiger partial charge in [-0.3, -0.25) is 0 Å². The number of halogens is 8. The molecule has 0 aliphatic heterocycles. The number of benzene rings is 1. The van der Waals surface area contributed by atoms with Crippen molar-refractivity contribution in [2.24, 2.45) is 0 Å². The molecule has 1 heterocycles. The zero-order valence-corrected chi connectivity index (χ0v) is 14.3. The van der Waals surface area contributed by atoms with Crippen LogP contribution in [0.3, 0.4) is 0 Å². The number of nitrogen functional groups attached to an aromatic ring is 1. The summed E-state index contributed by atoms with van der Waals surface area (Å²) in [6.45, 7) is 0. The van der Waals surface area contributed by atoms with Crippen molar-refractivity contribution >= 4 is 39.8 Å². The first-order chi connectivity index (χ1) is 12.0. The summed E-state index contributed by atoms with van der Waals surface area (Å²) in [7, 11) is -3.79. The monoisotopic (exact) mass is 436 g/mol. The maximum atomic E-state index is 14.2. The molecule has 1 aromatic carbocycles. The molecule has 0 aliphatic carbocycles. The van der Waals surface area contributed by atoms with Crippen LogP contribution < -0.4 is 5.73 Å². The van der Waals surface area contributed by atoms with Gasteiger partial charge in [0.15, 0.2) is 33.9 Å². The van der Waals surface area contributed by atoms with E-state index in [0.717, 1.165) is 0 Å². The molecule has 1 atom stereocenters. The topological polar surface area (TPSA) is 84.7 Å². The Labute approximate surface area is 153 Å². The van der Waals surface area contributed by atoms with Crippen molar-refractivity contribution < 1.29 is 30.6 Å². The molecule has 0 saturated carbocycles. The Hall–Kier alpha value is -1.97. The zero-order valence-electron chi connectivity index (χ0n) is 12.0. The van der Waals surface area contributed by atoms with Gasteiger partial charge < -0.3 is 5.73 Å². The molecular weight excluding hydrogens is 433 g/mol.